The first-order valence-corrected chi connectivity index (χ1v) is 16.1. The first-order valence-electron chi connectivity index (χ1n) is 16.1. The number of hydrogen-bond acceptors (Lipinski definition) is 3. The van der Waals surface area contributed by atoms with Crippen molar-refractivity contribution in [2.24, 2.45) is 0 Å². The van der Waals surface area contributed by atoms with Crippen LogP contribution in [0.25, 0.3) is 78.0 Å². The van der Waals surface area contributed by atoms with Gasteiger partial charge < -0.3 is 0 Å². The van der Waals surface area contributed by atoms with Crippen molar-refractivity contribution in [3.63, 3.8) is 0 Å². The van der Waals surface area contributed by atoms with Crippen molar-refractivity contribution in [3.8, 4) is 56.4 Å². The molecule has 0 atom stereocenters. The summed E-state index contributed by atoms with van der Waals surface area (Å²) in [6, 6.07) is 53.8. The van der Waals surface area contributed by atoms with Crippen molar-refractivity contribution in [2.45, 2.75) is 19.3 Å². The maximum Gasteiger partial charge on any atom is 0.164 e. The van der Waals surface area contributed by atoms with E-state index in [1.165, 1.54) is 44.0 Å². The van der Waals surface area contributed by atoms with Gasteiger partial charge in [0.05, 0.1) is 0 Å². The summed E-state index contributed by atoms with van der Waals surface area (Å²) in [5.41, 5.74) is 10.4. The summed E-state index contributed by atoms with van der Waals surface area (Å²) in [7, 11) is 0. The molecule has 1 aliphatic carbocycles. The summed E-state index contributed by atoms with van der Waals surface area (Å²) < 4.78 is 0. The number of aromatic nitrogens is 3. The Labute approximate surface area is 274 Å². The Morgan fingerprint density at radius 3 is 1.70 bits per heavy atom. The summed E-state index contributed by atoms with van der Waals surface area (Å²) in [4.78, 5) is 15.3. The topological polar surface area (TPSA) is 38.7 Å². The second-order valence-electron chi connectivity index (χ2n) is 12.9. The van der Waals surface area contributed by atoms with Crippen molar-refractivity contribution in [2.75, 3.05) is 0 Å². The Bertz CT molecular complexity index is 2480. The molecule has 0 saturated carbocycles. The van der Waals surface area contributed by atoms with Crippen LogP contribution in [0.1, 0.15) is 25.0 Å². The fourth-order valence-corrected chi connectivity index (χ4v) is 7.20. The smallest absolute Gasteiger partial charge is 0.164 e. The van der Waals surface area contributed by atoms with Crippen LogP contribution in [-0.4, -0.2) is 15.0 Å². The molecule has 1 aliphatic rings. The number of hydrogen-bond donors (Lipinski definition) is 0. The predicted molar refractivity (Wildman–Crippen MR) is 194 cm³/mol. The van der Waals surface area contributed by atoms with E-state index in [0.29, 0.717) is 17.5 Å². The van der Waals surface area contributed by atoms with Crippen LogP contribution in [0.3, 0.4) is 0 Å². The molecule has 0 saturated heterocycles. The number of fused-ring (bicyclic) bond motifs is 6. The molecule has 0 fully saturated rings. The van der Waals surface area contributed by atoms with Crippen LogP contribution in [0.2, 0.25) is 0 Å². The fourth-order valence-electron chi connectivity index (χ4n) is 7.20. The van der Waals surface area contributed by atoms with E-state index in [9.17, 15) is 0 Å². The van der Waals surface area contributed by atoms with E-state index in [1.54, 1.807) is 0 Å². The standard InChI is InChI=1S/C44H31N3/c1-44(2)39-15-9-8-14-37(39)38-25-23-34(27-40(38)44)43-46-41(31-19-16-29(17-20-31)28-10-4-3-5-11-28)45-42(47-43)33-22-24-36-32(26-33)21-18-30-12-6-7-13-35(30)36/h3-27H,1-2H3. The third kappa shape index (κ3) is 4.54. The molecule has 1 aromatic heterocycles. The van der Waals surface area contributed by atoms with Gasteiger partial charge in [-0.25, -0.2) is 15.0 Å². The summed E-state index contributed by atoms with van der Waals surface area (Å²) in [6.45, 7) is 4.61. The Morgan fingerprint density at radius 2 is 0.894 bits per heavy atom. The van der Waals surface area contributed by atoms with Gasteiger partial charge in [-0.15, -0.1) is 0 Å². The summed E-state index contributed by atoms with van der Waals surface area (Å²) in [6.07, 6.45) is 0. The zero-order valence-electron chi connectivity index (χ0n) is 26.3. The second-order valence-corrected chi connectivity index (χ2v) is 12.9. The van der Waals surface area contributed by atoms with Gasteiger partial charge in [0.25, 0.3) is 0 Å². The van der Waals surface area contributed by atoms with Crippen molar-refractivity contribution in [1.29, 1.82) is 0 Å². The molecular formula is C44H31N3. The average Bonchev–Trinajstić information content (AvgIpc) is 3.37. The van der Waals surface area contributed by atoms with Gasteiger partial charge >= 0.3 is 0 Å². The van der Waals surface area contributed by atoms with Crippen molar-refractivity contribution in [3.05, 3.63) is 163 Å². The first kappa shape index (κ1) is 27.4. The fraction of sp³-hybridized carbons (Fsp3) is 0.0682. The summed E-state index contributed by atoms with van der Waals surface area (Å²) >= 11 is 0. The van der Waals surface area contributed by atoms with Crippen LogP contribution in [-0.2, 0) is 5.41 Å². The second kappa shape index (κ2) is 10.6. The van der Waals surface area contributed by atoms with Gasteiger partial charge in [-0.1, -0.05) is 153 Å². The summed E-state index contributed by atoms with van der Waals surface area (Å²) in [5, 5.41) is 4.86. The first-order chi connectivity index (χ1) is 23.0. The molecular weight excluding hydrogens is 571 g/mol. The Hall–Kier alpha value is -5.93. The molecule has 7 aromatic carbocycles. The Kier molecular flexibility index (Phi) is 6.16. The lowest BCUT2D eigenvalue weighted by molar-refractivity contribution is 0.660. The normalized spacial score (nSPS) is 13.1. The van der Waals surface area contributed by atoms with Crippen LogP contribution in [0, 0.1) is 0 Å². The van der Waals surface area contributed by atoms with Crippen LogP contribution < -0.4 is 0 Å². The number of rotatable bonds is 4. The third-order valence-corrected chi connectivity index (χ3v) is 9.73. The highest BCUT2D eigenvalue weighted by atomic mass is 15.0. The van der Waals surface area contributed by atoms with E-state index >= 15 is 0 Å². The highest BCUT2D eigenvalue weighted by Gasteiger charge is 2.35. The molecule has 0 N–H and O–H groups in total. The SMILES string of the molecule is CC1(C)c2ccccc2-c2ccc(-c3nc(-c4ccc(-c5ccccc5)cc4)nc(-c4ccc5c(ccc6ccccc65)c4)n3)cc21. The molecule has 0 radical (unpaired) electrons. The van der Waals surface area contributed by atoms with E-state index in [0.717, 1.165) is 27.6 Å². The minimum atomic E-state index is -0.116. The lowest BCUT2D eigenvalue weighted by Gasteiger charge is -2.21. The van der Waals surface area contributed by atoms with Gasteiger partial charge in [0.2, 0.25) is 0 Å². The lowest BCUT2D eigenvalue weighted by Crippen LogP contribution is -2.15. The van der Waals surface area contributed by atoms with E-state index in [-0.39, 0.29) is 5.41 Å². The molecule has 1 heterocycles. The molecule has 47 heavy (non-hydrogen) atoms. The molecule has 8 aromatic rings. The van der Waals surface area contributed by atoms with Crippen molar-refractivity contribution < 1.29 is 0 Å². The van der Waals surface area contributed by atoms with Gasteiger partial charge in [-0.2, -0.15) is 0 Å². The highest BCUT2D eigenvalue weighted by Crippen LogP contribution is 2.49. The van der Waals surface area contributed by atoms with Crippen LogP contribution in [0.4, 0.5) is 0 Å². The molecule has 222 valence electrons. The van der Waals surface area contributed by atoms with Crippen LogP contribution >= 0.6 is 0 Å². The maximum atomic E-state index is 5.13. The third-order valence-electron chi connectivity index (χ3n) is 9.73. The average molecular weight is 602 g/mol. The van der Waals surface area contributed by atoms with Gasteiger partial charge in [0, 0.05) is 22.1 Å². The minimum absolute atomic E-state index is 0.116. The predicted octanol–water partition coefficient (Wildman–Crippen LogP) is 11.2. The van der Waals surface area contributed by atoms with Crippen molar-refractivity contribution >= 4 is 21.5 Å². The summed E-state index contributed by atoms with van der Waals surface area (Å²) in [5.74, 6) is 1.99. The van der Waals surface area contributed by atoms with Crippen molar-refractivity contribution in [1.82, 2.24) is 15.0 Å². The van der Waals surface area contributed by atoms with Crippen LogP contribution in [0.5, 0.6) is 0 Å². The van der Waals surface area contributed by atoms with E-state index < -0.39 is 0 Å². The zero-order chi connectivity index (χ0) is 31.5. The van der Waals surface area contributed by atoms with Gasteiger partial charge in [0.1, 0.15) is 0 Å². The maximum absolute atomic E-state index is 5.13. The largest absolute Gasteiger partial charge is 0.208 e. The minimum Gasteiger partial charge on any atom is -0.208 e. The Balaban J connectivity index is 1.20. The molecule has 3 nitrogen and oxygen atoms in total. The molecule has 0 spiro atoms. The number of benzene rings is 7. The Morgan fingerprint density at radius 1 is 0.362 bits per heavy atom. The molecule has 0 amide bonds. The van der Waals surface area contributed by atoms with Crippen LogP contribution in [0.15, 0.2) is 152 Å². The van der Waals surface area contributed by atoms with E-state index in [4.69, 9.17) is 15.0 Å². The van der Waals surface area contributed by atoms with E-state index in [1.807, 2.05) is 6.07 Å². The van der Waals surface area contributed by atoms with Gasteiger partial charge in [-0.05, 0) is 67.1 Å². The van der Waals surface area contributed by atoms with E-state index in [2.05, 4.69) is 159 Å². The monoisotopic (exact) mass is 601 g/mol. The highest BCUT2D eigenvalue weighted by molar-refractivity contribution is 6.08. The number of nitrogens with zero attached hydrogens (tertiary/aromatic N) is 3. The molecule has 0 aliphatic heterocycles. The van der Waals surface area contributed by atoms with Gasteiger partial charge in [-0.3, -0.25) is 0 Å². The van der Waals surface area contributed by atoms with Gasteiger partial charge in [0.15, 0.2) is 17.5 Å². The lowest BCUT2D eigenvalue weighted by atomic mass is 9.82. The zero-order valence-corrected chi connectivity index (χ0v) is 26.3. The molecule has 9 rings (SSSR count). The molecule has 0 unspecified atom stereocenters. The molecule has 0 bridgehead atoms. The molecule has 3 heteroatoms. The quantitative estimate of drug-likeness (QED) is 0.188.